The topological polar surface area (TPSA) is 15.3 Å². The van der Waals surface area contributed by atoms with Crippen LogP contribution in [0.4, 0.5) is 0 Å². The molecule has 0 amide bonds. The van der Waals surface area contributed by atoms with Crippen LogP contribution in [-0.4, -0.2) is 36.6 Å². The third-order valence-corrected chi connectivity index (χ3v) is 6.18. The molecule has 2 aliphatic carbocycles. The lowest BCUT2D eigenvalue weighted by molar-refractivity contribution is 0.0557. The maximum atomic E-state index is 3.68. The second-order valence-electron chi connectivity index (χ2n) is 7.32. The minimum Gasteiger partial charge on any atom is -0.314 e. The molecule has 19 heavy (non-hydrogen) atoms. The van der Waals surface area contributed by atoms with Crippen LogP contribution in [0.3, 0.4) is 0 Å². The highest BCUT2D eigenvalue weighted by molar-refractivity contribution is 4.93. The molecule has 3 aliphatic rings. The van der Waals surface area contributed by atoms with Crippen molar-refractivity contribution in [3.05, 3.63) is 0 Å². The van der Waals surface area contributed by atoms with Crippen LogP contribution < -0.4 is 5.32 Å². The number of nitrogens with zero attached hydrogens (tertiary/aromatic N) is 1. The minimum atomic E-state index is 0.784. The standard InChI is InChI=1S/C17H32N2/c1-2-18-15-6-5-7-16(14-15)19-12-10-17(11-13-19)8-3-4-9-17/h15-16,18H,2-14H2,1H3. The molecule has 2 heteroatoms. The van der Waals surface area contributed by atoms with Gasteiger partial charge in [0.25, 0.3) is 0 Å². The monoisotopic (exact) mass is 264 g/mol. The molecule has 2 saturated carbocycles. The van der Waals surface area contributed by atoms with Crippen molar-refractivity contribution in [2.45, 2.75) is 83.2 Å². The number of hydrogen-bond acceptors (Lipinski definition) is 2. The fourth-order valence-corrected chi connectivity index (χ4v) is 4.96. The van der Waals surface area contributed by atoms with Gasteiger partial charge in [0.1, 0.15) is 0 Å². The van der Waals surface area contributed by atoms with Gasteiger partial charge in [0.2, 0.25) is 0 Å². The molecule has 0 aromatic rings. The van der Waals surface area contributed by atoms with Crippen molar-refractivity contribution in [2.75, 3.05) is 19.6 Å². The first-order valence-corrected chi connectivity index (χ1v) is 8.79. The molecule has 1 spiro atoms. The first kappa shape index (κ1) is 13.9. The second-order valence-corrected chi connectivity index (χ2v) is 7.32. The largest absolute Gasteiger partial charge is 0.314 e. The van der Waals surface area contributed by atoms with E-state index >= 15 is 0 Å². The highest BCUT2D eigenvalue weighted by Crippen LogP contribution is 2.46. The van der Waals surface area contributed by atoms with Gasteiger partial charge in [-0.15, -0.1) is 0 Å². The van der Waals surface area contributed by atoms with Crippen LogP contribution in [0.2, 0.25) is 0 Å². The van der Waals surface area contributed by atoms with Crippen molar-refractivity contribution in [3.8, 4) is 0 Å². The van der Waals surface area contributed by atoms with Gasteiger partial charge < -0.3 is 10.2 Å². The van der Waals surface area contributed by atoms with Crippen molar-refractivity contribution < 1.29 is 0 Å². The molecule has 110 valence electrons. The summed E-state index contributed by atoms with van der Waals surface area (Å²) in [7, 11) is 0. The van der Waals surface area contributed by atoms with Crippen molar-refractivity contribution in [2.24, 2.45) is 5.41 Å². The Hall–Kier alpha value is -0.0800. The van der Waals surface area contributed by atoms with E-state index < -0.39 is 0 Å². The molecule has 1 heterocycles. The van der Waals surface area contributed by atoms with E-state index in [1.54, 1.807) is 0 Å². The molecule has 1 N–H and O–H groups in total. The summed E-state index contributed by atoms with van der Waals surface area (Å²) < 4.78 is 0. The summed E-state index contributed by atoms with van der Waals surface area (Å²) in [6.07, 6.45) is 14.8. The first-order valence-electron chi connectivity index (χ1n) is 8.79. The average Bonchev–Trinajstić information content (AvgIpc) is 2.89. The molecule has 1 saturated heterocycles. The van der Waals surface area contributed by atoms with Gasteiger partial charge in [-0.2, -0.15) is 0 Å². The Kier molecular flexibility index (Phi) is 4.48. The summed E-state index contributed by atoms with van der Waals surface area (Å²) in [5, 5.41) is 3.68. The Labute approximate surface area is 119 Å². The summed E-state index contributed by atoms with van der Waals surface area (Å²) in [5.41, 5.74) is 0.784. The molecule has 1 aliphatic heterocycles. The number of hydrogen-bond donors (Lipinski definition) is 1. The lowest BCUT2D eigenvalue weighted by atomic mass is 9.76. The average molecular weight is 264 g/mol. The number of nitrogens with one attached hydrogen (secondary N) is 1. The van der Waals surface area contributed by atoms with Crippen LogP contribution in [0.1, 0.15) is 71.1 Å². The fraction of sp³-hybridized carbons (Fsp3) is 1.00. The third kappa shape index (κ3) is 3.16. The lowest BCUT2D eigenvalue weighted by Crippen LogP contribution is -2.48. The quantitative estimate of drug-likeness (QED) is 0.838. The summed E-state index contributed by atoms with van der Waals surface area (Å²) in [4.78, 5) is 2.84. The fourth-order valence-electron chi connectivity index (χ4n) is 4.96. The molecule has 3 fully saturated rings. The molecule has 0 radical (unpaired) electrons. The van der Waals surface area contributed by atoms with E-state index in [-0.39, 0.29) is 0 Å². The summed E-state index contributed by atoms with van der Waals surface area (Å²) in [5.74, 6) is 0. The zero-order valence-electron chi connectivity index (χ0n) is 12.8. The Morgan fingerprint density at radius 1 is 1.00 bits per heavy atom. The van der Waals surface area contributed by atoms with Crippen LogP contribution in [-0.2, 0) is 0 Å². The van der Waals surface area contributed by atoms with Crippen LogP contribution >= 0.6 is 0 Å². The van der Waals surface area contributed by atoms with Gasteiger partial charge in [0.05, 0.1) is 0 Å². The Morgan fingerprint density at radius 2 is 1.74 bits per heavy atom. The van der Waals surface area contributed by atoms with E-state index in [0.717, 1.165) is 24.0 Å². The molecular formula is C17H32N2. The van der Waals surface area contributed by atoms with E-state index in [4.69, 9.17) is 0 Å². The van der Waals surface area contributed by atoms with Crippen molar-refractivity contribution in [1.82, 2.24) is 10.2 Å². The number of likely N-dealkylation sites (tertiary alicyclic amines) is 1. The SMILES string of the molecule is CCNC1CCCC(N2CCC3(CCCC3)CC2)C1. The van der Waals surface area contributed by atoms with Gasteiger partial charge >= 0.3 is 0 Å². The maximum Gasteiger partial charge on any atom is 0.0110 e. The predicted molar refractivity (Wildman–Crippen MR) is 81.4 cm³/mol. The Bertz CT molecular complexity index is 271. The van der Waals surface area contributed by atoms with Gasteiger partial charge in [0, 0.05) is 12.1 Å². The smallest absolute Gasteiger partial charge is 0.0110 e. The minimum absolute atomic E-state index is 0.784. The molecule has 3 rings (SSSR count). The third-order valence-electron chi connectivity index (χ3n) is 6.18. The van der Waals surface area contributed by atoms with Gasteiger partial charge in [-0.1, -0.05) is 26.2 Å². The lowest BCUT2D eigenvalue weighted by Gasteiger charge is -2.45. The van der Waals surface area contributed by atoms with Crippen LogP contribution in [0.5, 0.6) is 0 Å². The number of piperidine rings is 1. The molecular weight excluding hydrogens is 232 g/mol. The summed E-state index contributed by atoms with van der Waals surface area (Å²) in [6.45, 7) is 6.17. The van der Waals surface area contributed by atoms with Gasteiger partial charge in [-0.25, -0.2) is 0 Å². The van der Waals surface area contributed by atoms with Crippen LogP contribution in [0.15, 0.2) is 0 Å². The van der Waals surface area contributed by atoms with E-state index in [1.807, 2.05) is 0 Å². The molecule has 0 bridgehead atoms. The van der Waals surface area contributed by atoms with Gasteiger partial charge in [0.15, 0.2) is 0 Å². The predicted octanol–water partition coefficient (Wildman–Crippen LogP) is 3.56. The highest BCUT2D eigenvalue weighted by Gasteiger charge is 2.38. The maximum absolute atomic E-state index is 3.68. The van der Waals surface area contributed by atoms with Crippen molar-refractivity contribution in [1.29, 1.82) is 0 Å². The molecule has 2 nitrogen and oxygen atoms in total. The summed E-state index contributed by atoms with van der Waals surface area (Å²) >= 11 is 0. The van der Waals surface area contributed by atoms with E-state index in [0.29, 0.717) is 0 Å². The molecule has 0 aromatic carbocycles. The molecule has 2 atom stereocenters. The van der Waals surface area contributed by atoms with Crippen LogP contribution in [0, 0.1) is 5.41 Å². The second kappa shape index (κ2) is 6.13. The van der Waals surface area contributed by atoms with E-state index in [9.17, 15) is 0 Å². The zero-order valence-corrected chi connectivity index (χ0v) is 12.8. The van der Waals surface area contributed by atoms with Crippen molar-refractivity contribution >= 4 is 0 Å². The number of rotatable bonds is 3. The van der Waals surface area contributed by atoms with E-state index in [2.05, 4.69) is 17.1 Å². The molecule has 0 aromatic heterocycles. The van der Waals surface area contributed by atoms with Crippen LogP contribution in [0.25, 0.3) is 0 Å². The zero-order chi connectivity index (χ0) is 13.1. The Balaban J connectivity index is 1.50. The van der Waals surface area contributed by atoms with E-state index in [1.165, 1.54) is 77.3 Å². The summed E-state index contributed by atoms with van der Waals surface area (Å²) in [6, 6.07) is 1.68. The van der Waals surface area contributed by atoms with Gasteiger partial charge in [-0.3, -0.25) is 0 Å². The normalized spacial score (nSPS) is 35.8. The van der Waals surface area contributed by atoms with Gasteiger partial charge in [-0.05, 0) is 70.0 Å². The first-order chi connectivity index (χ1) is 9.31. The Morgan fingerprint density at radius 3 is 2.42 bits per heavy atom. The highest BCUT2D eigenvalue weighted by atomic mass is 15.2. The van der Waals surface area contributed by atoms with Crippen molar-refractivity contribution in [3.63, 3.8) is 0 Å². The molecule has 2 unspecified atom stereocenters.